The minimum atomic E-state index is -0.469. The van der Waals surface area contributed by atoms with Crippen LogP contribution in [0.4, 0.5) is 0 Å². The van der Waals surface area contributed by atoms with Crippen molar-refractivity contribution in [1.82, 2.24) is 0 Å². The van der Waals surface area contributed by atoms with Gasteiger partial charge in [0.2, 0.25) is 0 Å². The minimum absolute atomic E-state index is 0.172. The lowest BCUT2D eigenvalue weighted by Crippen LogP contribution is -2.52. The Labute approximate surface area is 169 Å². The van der Waals surface area contributed by atoms with Crippen molar-refractivity contribution in [2.45, 2.75) is 131 Å². The van der Waals surface area contributed by atoms with Gasteiger partial charge in [-0.2, -0.15) is 0 Å². The summed E-state index contributed by atoms with van der Waals surface area (Å²) < 4.78 is 18.7. The van der Waals surface area contributed by atoms with Crippen molar-refractivity contribution in [3.8, 4) is 0 Å². The van der Waals surface area contributed by atoms with Crippen LogP contribution < -0.4 is 0 Å². The number of ether oxygens (including phenoxy) is 3. The van der Waals surface area contributed by atoms with Crippen LogP contribution in [0.1, 0.15) is 113 Å². The summed E-state index contributed by atoms with van der Waals surface area (Å²) in [7, 11) is 0. The summed E-state index contributed by atoms with van der Waals surface area (Å²) in [6.45, 7) is 17.2. The zero-order valence-corrected chi connectivity index (χ0v) is 19.4. The average Bonchev–Trinajstić information content (AvgIpc) is 2.57. The summed E-state index contributed by atoms with van der Waals surface area (Å²) in [6.07, 6.45) is 12.8. The summed E-state index contributed by atoms with van der Waals surface area (Å²) in [5.41, 5.74) is 0.327. The molecule has 0 aromatic carbocycles. The fraction of sp³-hybridized carbons (Fsp3) is 1.00. The Hall–Kier alpha value is -0.120. The van der Waals surface area contributed by atoms with Crippen LogP contribution in [0.5, 0.6) is 0 Å². The van der Waals surface area contributed by atoms with Gasteiger partial charge in [0.15, 0.2) is 5.79 Å². The molecule has 1 aliphatic rings. The second kappa shape index (κ2) is 12.4. The molecule has 3 heteroatoms. The Morgan fingerprint density at radius 2 is 1.41 bits per heavy atom. The molecule has 0 spiro atoms. The zero-order chi connectivity index (χ0) is 20.3. The summed E-state index contributed by atoms with van der Waals surface area (Å²) in [6, 6.07) is 0. The molecular formula is C24H48O3. The molecule has 27 heavy (non-hydrogen) atoms. The third-order valence-electron chi connectivity index (χ3n) is 6.14. The quantitative estimate of drug-likeness (QED) is 0.209. The SMILES string of the molecule is CCCCCCCCC(CC1(CC)COC1)C(CC)(OC(C)C)OC(C)C. The lowest BCUT2D eigenvalue weighted by molar-refractivity contribution is -0.307. The molecule has 3 nitrogen and oxygen atoms in total. The Morgan fingerprint density at radius 3 is 1.81 bits per heavy atom. The highest BCUT2D eigenvalue weighted by molar-refractivity contribution is 4.92. The molecular weight excluding hydrogens is 336 g/mol. The summed E-state index contributed by atoms with van der Waals surface area (Å²) in [4.78, 5) is 0. The second-order valence-electron chi connectivity index (χ2n) is 9.30. The van der Waals surface area contributed by atoms with E-state index >= 15 is 0 Å². The van der Waals surface area contributed by atoms with Crippen molar-refractivity contribution in [2.75, 3.05) is 13.2 Å². The van der Waals surface area contributed by atoms with Crippen molar-refractivity contribution in [3.63, 3.8) is 0 Å². The molecule has 0 N–H and O–H groups in total. The van der Waals surface area contributed by atoms with Crippen LogP contribution in [0.3, 0.4) is 0 Å². The molecule has 0 radical (unpaired) electrons. The minimum Gasteiger partial charge on any atom is -0.380 e. The van der Waals surface area contributed by atoms with Gasteiger partial charge in [0, 0.05) is 11.3 Å². The Bertz CT molecular complexity index is 358. The first kappa shape index (κ1) is 24.9. The normalized spacial score (nSPS) is 18.1. The molecule has 0 aromatic heterocycles. The van der Waals surface area contributed by atoms with Gasteiger partial charge in [0.1, 0.15) is 0 Å². The van der Waals surface area contributed by atoms with Gasteiger partial charge in [-0.3, -0.25) is 0 Å². The standard InChI is InChI=1S/C24H48O3/c1-8-11-12-13-14-15-16-22(17-23(9-2)18-25-19-23)24(10-3,26-20(4)5)27-21(6)7/h20-22H,8-19H2,1-7H3. The lowest BCUT2D eigenvalue weighted by Gasteiger charge is -2.49. The molecule has 1 atom stereocenters. The third kappa shape index (κ3) is 8.03. The molecule has 0 amide bonds. The van der Waals surface area contributed by atoms with Gasteiger partial charge in [-0.25, -0.2) is 0 Å². The van der Waals surface area contributed by atoms with Crippen LogP contribution in [0.25, 0.3) is 0 Å². The number of hydrogen-bond donors (Lipinski definition) is 0. The predicted molar refractivity (Wildman–Crippen MR) is 115 cm³/mol. The molecule has 162 valence electrons. The molecule has 1 heterocycles. The van der Waals surface area contributed by atoms with E-state index in [2.05, 4.69) is 48.5 Å². The number of unbranched alkanes of at least 4 members (excludes halogenated alkanes) is 5. The summed E-state index contributed by atoms with van der Waals surface area (Å²) in [5, 5.41) is 0. The second-order valence-corrected chi connectivity index (χ2v) is 9.30. The van der Waals surface area contributed by atoms with E-state index in [9.17, 15) is 0 Å². The van der Waals surface area contributed by atoms with E-state index in [-0.39, 0.29) is 12.2 Å². The molecule has 1 rings (SSSR count). The van der Waals surface area contributed by atoms with Crippen LogP contribution in [0.2, 0.25) is 0 Å². The van der Waals surface area contributed by atoms with Crippen LogP contribution >= 0.6 is 0 Å². The molecule has 1 aliphatic heterocycles. The number of rotatable bonds is 16. The predicted octanol–water partition coefficient (Wildman–Crippen LogP) is 7.13. The average molecular weight is 385 g/mol. The van der Waals surface area contributed by atoms with Crippen molar-refractivity contribution >= 4 is 0 Å². The molecule has 0 aromatic rings. The molecule has 1 saturated heterocycles. The smallest absolute Gasteiger partial charge is 0.171 e. The van der Waals surface area contributed by atoms with Gasteiger partial charge in [-0.1, -0.05) is 59.3 Å². The van der Waals surface area contributed by atoms with Gasteiger partial charge < -0.3 is 14.2 Å². The Balaban J connectivity index is 2.88. The monoisotopic (exact) mass is 384 g/mol. The van der Waals surface area contributed by atoms with Crippen molar-refractivity contribution in [3.05, 3.63) is 0 Å². The maximum Gasteiger partial charge on any atom is 0.171 e. The van der Waals surface area contributed by atoms with E-state index < -0.39 is 5.79 Å². The van der Waals surface area contributed by atoms with E-state index in [1.54, 1.807) is 0 Å². The van der Waals surface area contributed by atoms with E-state index in [4.69, 9.17) is 14.2 Å². The van der Waals surface area contributed by atoms with E-state index in [0.29, 0.717) is 11.3 Å². The largest absolute Gasteiger partial charge is 0.380 e. The Morgan fingerprint density at radius 1 is 0.852 bits per heavy atom. The van der Waals surface area contributed by atoms with Gasteiger partial charge >= 0.3 is 0 Å². The fourth-order valence-corrected chi connectivity index (χ4v) is 4.50. The van der Waals surface area contributed by atoms with Crippen molar-refractivity contribution in [1.29, 1.82) is 0 Å². The first-order chi connectivity index (χ1) is 12.8. The first-order valence-electron chi connectivity index (χ1n) is 11.8. The molecule has 0 aliphatic carbocycles. The first-order valence-corrected chi connectivity index (χ1v) is 11.8. The van der Waals surface area contributed by atoms with E-state index in [0.717, 1.165) is 26.1 Å². The maximum absolute atomic E-state index is 6.55. The van der Waals surface area contributed by atoms with Gasteiger partial charge in [-0.15, -0.1) is 0 Å². The highest BCUT2D eigenvalue weighted by atomic mass is 16.7. The summed E-state index contributed by atoms with van der Waals surface area (Å²) >= 11 is 0. The van der Waals surface area contributed by atoms with Gasteiger partial charge in [-0.05, 0) is 53.4 Å². The fourth-order valence-electron chi connectivity index (χ4n) is 4.50. The molecule has 1 unspecified atom stereocenters. The van der Waals surface area contributed by atoms with Crippen LogP contribution in [0.15, 0.2) is 0 Å². The molecule has 1 fully saturated rings. The maximum atomic E-state index is 6.55. The molecule has 0 bridgehead atoms. The van der Waals surface area contributed by atoms with Crippen LogP contribution in [0, 0.1) is 11.3 Å². The summed E-state index contributed by atoms with van der Waals surface area (Å²) in [5.74, 6) is -0.0360. The third-order valence-corrected chi connectivity index (χ3v) is 6.14. The van der Waals surface area contributed by atoms with E-state index in [1.165, 1.54) is 51.4 Å². The van der Waals surface area contributed by atoms with Gasteiger partial charge in [0.05, 0.1) is 25.4 Å². The zero-order valence-electron chi connectivity index (χ0n) is 19.4. The van der Waals surface area contributed by atoms with Crippen molar-refractivity contribution < 1.29 is 14.2 Å². The lowest BCUT2D eigenvalue weighted by atomic mass is 9.71. The molecule has 0 saturated carbocycles. The van der Waals surface area contributed by atoms with Crippen LogP contribution in [-0.2, 0) is 14.2 Å². The highest BCUT2D eigenvalue weighted by Crippen LogP contribution is 2.45. The highest BCUT2D eigenvalue weighted by Gasteiger charge is 2.47. The topological polar surface area (TPSA) is 27.7 Å². The van der Waals surface area contributed by atoms with Crippen molar-refractivity contribution in [2.24, 2.45) is 11.3 Å². The van der Waals surface area contributed by atoms with E-state index in [1.807, 2.05) is 0 Å². The van der Waals surface area contributed by atoms with Crippen LogP contribution in [-0.4, -0.2) is 31.2 Å². The Kier molecular flexibility index (Phi) is 11.5. The number of hydrogen-bond acceptors (Lipinski definition) is 3. The van der Waals surface area contributed by atoms with Gasteiger partial charge in [0.25, 0.3) is 0 Å².